The topological polar surface area (TPSA) is 29.1 Å². The number of nitrogens with one attached hydrogen (secondary N) is 1. The van der Waals surface area contributed by atoms with E-state index in [9.17, 15) is 4.79 Å². The van der Waals surface area contributed by atoms with Crippen LogP contribution < -0.4 is 5.32 Å². The van der Waals surface area contributed by atoms with E-state index in [0.29, 0.717) is 6.42 Å². The highest BCUT2D eigenvalue weighted by Gasteiger charge is 2.10. The molecular weight excluding hydrogens is 222 g/mol. The summed E-state index contributed by atoms with van der Waals surface area (Å²) in [4.78, 5) is 11.4. The maximum atomic E-state index is 11.4. The van der Waals surface area contributed by atoms with Crippen molar-refractivity contribution < 1.29 is 4.79 Å². The lowest BCUT2D eigenvalue weighted by atomic mass is 10.0. The van der Waals surface area contributed by atoms with Crippen LogP contribution in [0.4, 0.5) is 5.69 Å². The minimum atomic E-state index is 0.226. The number of hydrogen-bond acceptors (Lipinski definition) is 2. The number of allylic oxidation sites excluding steroid dienone is 2. The lowest BCUT2D eigenvalue weighted by molar-refractivity contribution is -0.115. The van der Waals surface area contributed by atoms with Crippen LogP contribution >= 0.6 is 0 Å². The molecule has 0 saturated carbocycles. The summed E-state index contributed by atoms with van der Waals surface area (Å²) in [6.07, 6.45) is 4.32. The van der Waals surface area contributed by atoms with Gasteiger partial charge in [-0.2, -0.15) is 0 Å². The second-order valence-electron chi connectivity index (χ2n) is 4.64. The van der Waals surface area contributed by atoms with Crippen LogP contribution in [-0.4, -0.2) is 5.78 Å². The number of carbonyl (C=O) groups excluding carboxylic acids is 1. The molecule has 0 amide bonds. The van der Waals surface area contributed by atoms with Crippen molar-refractivity contribution in [3.8, 4) is 0 Å². The molecule has 2 aromatic rings. The van der Waals surface area contributed by atoms with Crippen molar-refractivity contribution in [3.63, 3.8) is 0 Å². The first-order valence-electron chi connectivity index (χ1n) is 6.31. The number of ketones is 1. The highest BCUT2D eigenvalue weighted by molar-refractivity contribution is 5.96. The van der Waals surface area contributed by atoms with Crippen molar-refractivity contribution in [3.05, 3.63) is 54.2 Å². The van der Waals surface area contributed by atoms with Gasteiger partial charge >= 0.3 is 0 Å². The number of anilines is 1. The summed E-state index contributed by atoms with van der Waals surface area (Å²) in [5.41, 5.74) is 2.11. The molecule has 1 N–H and O–H groups in total. The molecule has 1 aliphatic carbocycles. The normalized spacial score (nSPS) is 15.6. The maximum absolute atomic E-state index is 11.4. The molecule has 0 unspecified atom stereocenters. The Bertz CT molecular complexity index is 623. The van der Waals surface area contributed by atoms with Gasteiger partial charge in [0.05, 0.1) is 0 Å². The van der Waals surface area contributed by atoms with E-state index in [1.807, 2.05) is 18.2 Å². The molecule has 2 aromatic carbocycles. The Balaban J connectivity index is 1.97. The molecule has 3 rings (SSSR count). The molecule has 0 aliphatic heterocycles. The zero-order valence-corrected chi connectivity index (χ0v) is 10.1. The summed E-state index contributed by atoms with van der Waals surface area (Å²) in [5.74, 6) is 0.226. The summed E-state index contributed by atoms with van der Waals surface area (Å²) in [6.45, 7) is 0. The summed E-state index contributed by atoms with van der Waals surface area (Å²) in [7, 11) is 0. The van der Waals surface area contributed by atoms with Gasteiger partial charge in [-0.3, -0.25) is 4.79 Å². The second kappa shape index (κ2) is 4.65. The SMILES string of the molecule is O=C1C=C(Nc2cccc3ccccc23)CCC1. The van der Waals surface area contributed by atoms with E-state index in [1.165, 1.54) is 10.8 Å². The first kappa shape index (κ1) is 11.0. The number of hydrogen-bond donors (Lipinski definition) is 1. The van der Waals surface area contributed by atoms with Crippen LogP contribution in [0.1, 0.15) is 19.3 Å². The molecule has 1 aliphatic rings. The van der Waals surface area contributed by atoms with Crippen LogP contribution in [0.3, 0.4) is 0 Å². The van der Waals surface area contributed by atoms with Gasteiger partial charge in [-0.15, -0.1) is 0 Å². The van der Waals surface area contributed by atoms with E-state index in [-0.39, 0.29) is 5.78 Å². The third-order valence-electron chi connectivity index (χ3n) is 3.29. The largest absolute Gasteiger partial charge is 0.358 e. The minimum absolute atomic E-state index is 0.226. The summed E-state index contributed by atoms with van der Waals surface area (Å²) in [5, 5.41) is 5.80. The Morgan fingerprint density at radius 3 is 2.67 bits per heavy atom. The van der Waals surface area contributed by atoms with E-state index < -0.39 is 0 Å². The predicted octanol–water partition coefficient (Wildman–Crippen LogP) is 3.89. The Morgan fingerprint density at radius 1 is 0.944 bits per heavy atom. The third-order valence-corrected chi connectivity index (χ3v) is 3.29. The Kier molecular flexibility index (Phi) is 2.85. The van der Waals surface area contributed by atoms with Crippen LogP contribution in [0.15, 0.2) is 54.2 Å². The number of carbonyl (C=O) groups is 1. The molecule has 18 heavy (non-hydrogen) atoms. The summed E-state index contributed by atoms with van der Waals surface area (Å²) < 4.78 is 0. The van der Waals surface area contributed by atoms with Crippen molar-refractivity contribution in [2.75, 3.05) is 5.32 Å². The van der Waals surface area contributed by atoms with Crippen LogP contribution in [0, 0.1) is 0 Å². The van der Waals surface area contributed by atoms with Gasteiger partial charge in [0, 0.05) is 29.3 Å². The molecule has 0 heterocycles. The Labute approximate surface area is 106 Å². The van der Waals surface area contributed by atoms with Gasteiger partial charge in [0.1, 0.15) is 0 Å². The number of rotatable bonds is 2. The monoisotopic (exact) mass is 237 g/mol. The van der Waals surface area contributed by atoms with E-state index in [4.69, 9.17) is 0 Å². The number of benzene rings is 2. The van der Waals surface area contributed by atoms with Crippen LogP contribution in [0.2, 0.25) is 0 Å². The van der Waals surface area contributed by atoms with Crippen molar-refractivity contribution in [1.29, 1.82) is 0 Å². The zero-order chi connectivity index (χ0) is 12.4. The molecule has 2 heteroatoms. The Morgan fingerprint density at radius 2 is 1.78 bits per heavy atom. The van der Waals surface area contributed by atoms with Crippen LogP contribution in [0.25, 0.3) is 10.8 Å². The van der Waals surface area contributed by atoms with Gasteiger partial charge in [-0.25, -0.2) is 0 Å². The van der Waals surface area contributed by atoms with Gasteiger partial charge < -0.3 is 5.32 Å². The van der Waals surface area contributed by atoms with Crippen molar-refractivity contribution >= 4 is 22.2 Å². The highest BCUT2D eigenvalue weighted by atomic mass is 16.1. The molecular formula is C16H15NO. The van der Waals surface area contributed by atoms with Crippen LogP contribution in [-0.2, 0) is 4.79 Å². The molecule has 0 saturated heterocycles. The van der Waals surface area contributed by atoms with E-state index in [0.717, 1.165) is 24.2 Å². The minimum Gasteiger partial charge on any atom is -0.358 e. The molecule has 0 spiro atoms. The fourth-order valence-electron chi connectivity index (χ4n) is 2.40. The predicted molar refractivity (Wildman–Crippen MR) is 74.5 cm³/mol. The standard InChI is InChI=1S/C16H15NO/c18-14-8-4-7-13(11-14)17-16-10-3-6-12-5-1-2-9-15(12)16/h1-3,5-6,9-11,17H,4,7-8H2. The lowest BCUT2D eigenvalue weighted by Crippen LogP contribution is -2.09. The zero-order valence-electron chi connectivity index (χ0n) is 10.1. The number of fused-ring (bicyclic) bond motifs is 1. The van der Waals surface area contributed by atoms with E-state index in [2.05, 4.69) is 29.6 Å². The van der Waals surface area contributed by atoms with Gasteiger partial charge in [0.2, 0.25) is 0 Å². The lowest BCUT2D eigenvalue weighted by Gasteiger charge is -2.16. The van der Waals surface area contributed by atoms with Crippen molar-refractivity contribution in [2.24, 2.45) is 0 Å². The average molecular weight is 237 g/mol. The van der Waals surface area contributed by atoms with Gasteiger partial charge in [0.25, 0.3) is 0 Å². The van der Waals surface area contributed by atoms with Crippen molar-refractivity contribution in [1.82, 2.24) is 0 Å². The maximum Gasteiger partial charge on any atom is 0.157 e. The molecule has 0 atom stereocenters. The van der Waals surface area contributed by atoms with Crippen molar-refractivity contribution in [2.45, 2.75) is 19.3 Å². The highest BCUT2D eigenvalue weighted by Crippen LogP contribution is 2.26. The second-order valence-corrected chi connectivity index (χ2v) is 4.64. The van der Waals surface area contributed by atoms with Gasteiger partial charge in [0.15, 0.2) is 5.78 Å². The van der Waals surface area contributed by atoms with Gasteiger partial charge in [-0.05, 0) is 24.3 Å². The molecule has 2 nitrogen and oxygen atoms in total. The van der Waals surface area contributed by atoms with E-state index in [1.54, 1.807) is 6.08 Å². The fourth-order valence-corrected chi connectivity index (χ4v) is 2.40. The molecule has 0 bridgehead atoms. The molecule has 0 fully saturated rings. The quantitative estimate of drug-likeness (QED) is 0.858. The fraction of sp³-hybridized carbons (Fsp3) is 0.188. The molecule has 0 radical (unpaired) electrons. The summed E-state index contributed by atoms with van der Waals surface area (Å²) >= 11 is 0. The Hall–Kier alpha value is -2.09. The summed E-state index contributed by atoms with van der Waals surface area (Å²) in [6, 6.07) is 14.5. The average Bonchev–Trinajstić information content (AvgIpc) is 2.39. The van der Waals surface area contributed by atoms with Gasteiger partial charge in [-0.1, -0.05) is 36.4 Å². The first-order chi connectivity index (χ1) is 8.83. The van der Waals surface area contributed by atoms with Crippen LogP contribution in [0.5, 0.6) is 0 Å². The van der Waals surface area contributed by atoms with E-state index >= 15 is 0 Å². The molecule has 90 valence electrons. The molecule has 0 aromatic heterocycles. The third kappa shape index (κ3) is 2.14. The smallest absolute Gasteiger partial charge is 0.157 e. The first-order valence-corrected chi connectivity index (χ1v) is 6.31.